The summed E-state index contributed by atoms with van der Waals surface area (Å²) in [6.07, 6.45) is 8.16. The molecule has 0 aliphatic heterocycles. The van der Waals surface area contributed by atoms with Gasteiger partial charge in [-0.3, -0.25) is 0 Å². The molecule has 0 aliphatic carbocycles. The Hall–Kier alpha value is -1.90. The summed E-state index contributed by atoms with van der Waals surface area (Å²) in [5.74, 6) is 2.42. The summed E-state index contributed by atoms with van der Waals surface area (Å²) in [6.45, 7) is 49.2. The van der Waals surface area contributed by atoms with Crippen LogP contribution in [0, 0.1) is 83.1 Å². The summed E-state index contributed by atoms with van der Waals surface area (Å²) >= 11 is 3.45. The summed E-state index contributed by atoms with van der Waals surface area (Å²) in [5.41, 5.74) is 23.0. The maximum absolute atomic E-state index is 2.33. The fourth-order valence-corrected chi connectivity index (χ4v) is 13.6. The molecule has 0 amide bonds. The van der Waals surface area contributed by atoms with E-state index in [1.807, 2.05) is 0 Å². The number of rotatable bonds is 10. The van der Waals surface area contributed by atoms with Crippen molar-refractivity contribution in [1.82, 2.24) is 0 Å². The quantitative estimate of drug-likeness (QED) is 0.0727. The molecule has 0 saturated carbocycles. The smallest absolute Gasteiger partial charge is 0.0308 e. The molecule has 0 aliphatic rings. The molecule has 8 rings (SSSR count). The number of fused-ring (bicyclic) bond motifs is 4. The van der Waals surface area contributed by atoms with Crippen molar-refractivity contribution in [3.8, 4) is 0 Å². The Labute approximate surface area is 497 Å². The molecular formula is C68H94Cl2Si2Zr2-2. The van der Waals surface area contributed by atoms with Crippen molar-refractivity contribution in [2.45, 2.75) is 214 Å². The number of hydrogen-bond donors (Lipinski definition) is 0. The predicted molar refractivity (Wildman–Crippen MR) is 322 cm³/mol. The van der Waals surface area contributed by atoms with Crippen molar-refractivity contribution < 1.29 is 71.5 Å². The van der Waals surface area contributed by atoms with E-state index in [0.29, 0.717) is 23.7 Å². The predicted octanol–water partition coefficient (Wildman–Crippen LogP) is 15.2. The van der Waals surface area contributed by atoms with Crippen LogP contribution in [-0.4, -0.2) is 12.3 Å². The van der Waals surface area contributed by atoms with Crippen molar-refractivity contribution in [2.24, 2.45) is 0 Å². The fourth-order valence-electron chi connectivity index (χ4n) is 9.92. The topological polar surface area (TPSA) is 0 Å². The van der Waals surface area contributed by atoms with E-state index in [4.69, 9.17) is 0 Å². The molecule has 0 bridgehead atoms. The van der Waals surface area contributed by atoms with E-state index in [1.165, 1.54) is 182 Å². The molecule has 398 valence electrons. The van der Waals surface area contributed by atoms with E-state index in [0.717, 1.165) is 0 Å². The molecule has 8 aromatic carbocycles. The Bertz CT molecular complexity index is 2620. The number of unbranched alkanes of at least 4 members (excludes halogenated alkanes) is 2. The minimum absolute atomic E-state index is 0. The summed E-state index contributed by atoms with van der Waals surface area (Å²) in [6, 6.07) is 30.4. The third-order valence-corrected chi connectivity index (χ3v) is 20.0. The van der Waals surface area contributed by atoms with Crippen LogP contribution in [0.25, 0.3) is 43.1 Å². The van der Waals surface area contributed by atoms with E-state index in [9.17, 15) is 0 Å². The van der Waals surface area contributed by atoms with Crippen LogP contribution in [0.5, 0.6) is 0 Å². The zero-order valence-electron chi connectivity index (χ0n) is 50.2. The molecular weight excluding hydrogens is 1130 g/mol. The number of benzene rings is 4. The number of hydrogen-bond acceptors (Lipinski definition) is 0. The van der Waals surface area contributed by atoms with Gasteiger partial charge in [-0.05, 0) is 23.7 Å². The van der Waals surface area contributed by atoms with Crippen LogP contribution in [0.15, 0.2) is 72.8 Å². The molecule has 0 saturated heterocycles. The maximum Gasteiger partial charge on any atom is -0.0308 e. The van der Waals surface area contributed by atoms with Gasteiger partial charge in [0.1, 0.15) is 0 Å². The van der Waals surface area contributed by atoms with Gasteiger partial charge in [-0.2, -0.15) is 22.3 Å². The zero-order valence-corrected chi connectivity index (χ0v) is 58.7. The van der Waals surface area contributed by atoms with Gasteiger partial charge in [0.05, 0.1) is 0 Å². The molecule has 0 spiro atoms. The van der Waals surface area contributed by atoms with Gasteiger partial charge in [-0.25, -0.2) is 0 Å². The Morgan fingerprint density at radius 1 is 0.351 bits per heavy atom. The van der Waals surface area contributed by atoms with Gasteiger partial charge < -0.3 is 24.8 Å². The van der Waals surface area contributed by atoms with E-state index in [-0.39, 0.29) is 24.8 Å². The molecule has 6 heteroatoms. The van der Waals surface area contributed by atoms with E-state index >= 15 is 0 Å². The van der Waals surface area contributed by atoms with Gasteiger partial charge in [0.15, 0.2) is 0 Å². The van der Waals surface area contributed by atoms with Gasteiger partial charge >= 0.3 is 111 Å². The third-order valence-electron chi connectivity index (χ3n) is 15.1. The number of halogens is 2. The van der Waals surface area contributed by atoms with Gasteiger partial charge in [-0.1, -0.05) is 185 Å². The summed E-state index contributed by atoms with van der Waals surface area (Å²) in [4.78, 5) is 0. The first-order valence-corrected chi connectivity index (χ1v) is 37.1. The van der Waals surface area contributed by atoms with Crippen LogP contribution in [0.2, 0.25) is 12.1 Å². The largest absolute Gasteiger partial charge is 1.00 e. The molecule has 0 unspecified atom stereocenters. The Balaban J connectivity index is 0.000000456. The van der Waals surface area contributed by atoms with Crippen LogP contribution in [-0.2, 0) is 46.7 Å². The summed E-state index contributed by atoms with van der Waals surface area (Å²) < 4.78 is 0. The zero-order chi connectivity index (χ0) is 54.3. The van der Waals surface area contributed by atoms with Gasteiger partial charge in [-0.15, -0.1) is 136 Å². The van der Waals surface area contributed by atoms with Gasteiger partial charge in [0.2, 0.25) is 0 Å². The normalized spacial score (nSPS) is 10.8. The molecule has 0 aromatic heterocycles. The average Bonchev–Trinajstić information content (AvgIpc) is 4.03. The summed E-state index contributed by atoms with van der Waals surface area (Å²) in [5, 5.41) is 11.7. The monoisotopic (exact) mass is 1220 g/mol. The van der Waals surface area contributed by atoms with Crippen molar-refractivity contribution >= 4 is 55.4 Å². The van der Waals surface area contributed by atoms with Crippen LogP contribution in [0.1, 0.15) is 208 Å². The van der Waals surface area contributed by atoms with Gasteiger partial charge in [0, 0.05) is 0 Å². The molecule has 74 heavy (non-hydrogen) atoms. The second-order valence-corrected chi connectivity index (χ2v) is 29.0. The van der Waals surface area contributed by atoms with Crippen LogP contribution < -0.4 is 24.8 Å². The summed E-state index contributed by atoms with van der Waals surface area (Å²) in [7, 11) is 0. The Kier molecular flexibility index (Phi) is 31.8. The standard InChI is InChI=1S/4C15H19.2C4H9Si.2ClH.2Zr/c4*1-9(2)13-7-6-10(3)14-8-11(4)12(5)15(13)14;2*1-2-3-4-5;;;;/h4*6-9H,1-5H3;2*2-4H2,1H3;2*1H;;/q4*-1;;;;;2*+2/p-2. The van der Waals surface area contributed by atoms with Crippen LogP contribution in [0.3, 0.4) is 0 Å². The SMILES string of the molecule is CCCC[Si]=[Zr+2].CCCC[Si]=[Zr+2].Cc1[cH-]c2c(C)ccc(C(C)C)c2c1C.Cc1[cH-]c2c(C)ccc(C(C)C)c2c1C.Cc1[cH-]c2c(C)ccc(C(C)C)c2c1C.Cc1[cH-]c2c(C)ccc(C(C)C)c2c1C.[Cl-].[Cl-]. The van der Waals surface area contributed by atoms with E-state index < -0.39 is 0 Å². The third kappa shape index (κ3) is 18.1. The first kappa shape index (κ1) is 70.1. The minimum Gasteiger partial charge on any atom is -1.00 e. The first-order chi connectivity index (χ1) is 33.9. The molecule has 0 nitrogen and oxygen atoms in total. The maximum atomic E-state index is 2.33. The molecule has 0 fully saturated rings. The van der Waals surface area contributed by atoms with Crippen molar-refractivity contribution in [1.29, 1.82) is 0 Å². The first-order valence-electron chi connectivity index (χ1n) is 27.3. The van der Waals surface area contributed by atoms with E-state index in [2.05, 4.69) is 225 Å². The fraction of sp³-hybridized carbons (Fsp3) is 0.471. The molecule has 8 aromatic rings. The van der Waals surface area contributed by atoms with Crippen LogP contribution >= 0.6 is 0 Å². The Morgan fingerprint density at radius 2 is 0.541 bits per heavy atom. The molecule has 0 heterocycles. The number of aryl methyl sites for hydroxylation is 12. The van der Waals surface area contributed by atoms with Crippen molar-refractivity contribution in [3.05, 3.63) is 162 Å². The molecule has 0 N–H and O–H groups in total. The molecule has 0 atom stereocenters. The van der Waals surface area contributed by atoms with Crippen LogP contribution in [0.4, 0.5) is 0 Å². The second kappa shape index (κ2) is 33.5. The van der Waals surface area contributed by atoms with Gasteiger partial charge in [0.25, 0.3) is 0 Å². The van der Waals surface area contributed by atoms with Crippen molar-refractivity contribution in [3.63, 3.8) is 0 Å². The molecule has 2 radical (unpaired) electrons. The average molecular weight is 1220 g/mol. The van der Waals surface area contributed by atoms with Crippen molar-refractivity contribution in [2.75, 3.05) is 0 Å². The van der Waals surface area contributed by atoms with E-state index in [1.54, 1.807) is 46.7 Å². The Morgan fingerprint density at radius 3 is 0.676 bits per heavy atom. The second-order valence-electron chi connectivity index (χ2n) is 22.0. The minimum atomic E-state index is 0.